The SMILES string of the molecule is COC(=O)c1c(C)[nH]c(C(=O)O[C@@H](C)C(=O)NCC(F)(F)F)c1C. The fourth-order valence-corrected chi connectivity index (χ4v) is 1.97. The molecule has 134 valence electrons. The lowest BCUT2D eigenvalue weighted by atomic mass is 10.1. The number of hydrogen-bond acceptors (Lipinski definition) is 5. The number of H-pyrrole nitrogens is 1. The lowest BCUT2D eigenvalue weighted by molar-refractivity contribution is -0.143. The van der Waals surface area contributed by atoms with Crippen molar-refractivity contribution in [2.75, 3.05) is 13.7 Å². The molecule has 10 heteroatoms. The Morgan fingerprint density at radius 2 is 1.79 bits per heavy atom. The third-order valence-electron chi connectivity index (χ3n) is 3.15. The van der Waals surface area contributed by atoms with Gasteiger partial charge < -0.3 is 19.8 Å². The Morgan fingerprint density at radius 3 is 2.29 bits per heavy atom. The summed E-state index contributed by atoms with van der Waals surface area (Å²) in [5, 5.41) is 1.61. The maximum atomic E-state index is 12.1. The molecule has 0 radical (unpaired) electrons. The summed E-state index contributed by atoms with van der Waals surface area (Å²) in [6.07, 6.45) is -6.01. The number of esters is 2. The van der Waals surface area contributed by atoms with Gasteiger partial charge >= 0.3 is 18.1 Å². The second-order valence-electron chi connectivity index (χ2n) is 5.00. The summed E-state index contributed by atoms with van der Waals surface area (Å²) in [5.74, 6) is -2.72. The molecule has 1 aromatic heterocycles. The average molecular weight is 350 g/mol. The van der Waals surface area contributed by atoms with Crippen molar-refractivity contribution in [1.82, 2.24) is 10.3 Å². The second-order valence-corrected chi connectivity index (χ2v) is 5.00. The molecule has 1 atom stereocenters. The number of carbonyl (C=O) groups is 3. The van der Waals surface area contributed by atoms with Crippen LogP contribution in [0.3, 0.4) is 0 Å². The average Bonchev–Trinajstić information content (AvgIpc) is 2.78. The Hall–Kier alpha value is -2.52. The molecule has 24 heavy (non-hydrogen) atoms. The van der Waals surface area contributed by atoms with Crippen LogP contribution >= 0.6 is 0 Å². The number of carbonyl (C=O) groups excluding carboxylic acids is 3. The molecule has 0 unspecified atom stereocenters. The lowest BCUT2D eigenvalue weighted by Crippen LogP contribution is -2.40. The van der Waals surface area contributed by atoms with Gasteiger partial charge in [0, 0.05) is 5.69 Å². The molecule has 1 heterocycles. The number of alkyl halides is 3. The van der Waals surface area contributed by atoms with E-state index < -0.39 is 36.7 Å². The van der Waals surface area contributed by atoms with Crippen LogP contribution in [-0.4, -0.2) is 48.8 Å². The predicted octanol–water partition coefficient (Wildman–Crippen LogP) is 1.64. The number of ether oxygens (including phenoxy) is 2. The predicted molar refractivity (Wildman–Crippen MR) is 75.5 cm³/mol. The van der Waals surface area contributed by atoms with Gasteiger partial charge in [0.25, 0.3) is 5.91 Å². The molecule has 1 amide bonds. The van der Waals surface area contributed by atoms with Gasteiger partial charge in [0.15, 0.2) is 6.10 Å². The molecule has 1 aromatic rings. The molecule has 0 saturated carbocycles. The van der Waals surface area contributed by atoms with E-state index in [1.165, 1.54) is 21.0 Å². The number of aromatic nitrogens is 1. The highest BCUT2D eigenvalue weighted by molar-refractivity contribution is 5.99. The summed E-state index contributed by atoms with van der Waals surface area (Å²) < 4.78 is 45.6. The zero-order valence-electron chi connectivity index (χ0n) is 13.5. The minimum absolute atomic E-state index is 0.0802. The number of amides is 1. The molecule has 0 saturated heterocycles. The quantitative estimate of drug-likeness (QED) is 0.787. The van der Waals surface area contributed by atoms with E-state index in [4.69, 9.17) is 4.74 Å². The number of rotatable bonds is 5. The molecule has 0 aliphatic carbocycles. The van der Waals surface area contributed by atoms with Crippen molar-refractivity contribution in [1.29, 1.82) is 0 Å². The van der Waals surface area contributed by atoms with E-state index in [9.17, 15) is 27.6 Å². The first-order valence-corrected chi connectivity index (χ1v) is 6.80. The summed E-state index contributed by atoms with van der Waals surface area (Å²) >= 11 is 0. The van der Waals surface area contributed by atoms with Gasteiger partial charge in [-0.3, -0.25) is 4.79 Å². The lowest BCUT2D eigenvalue weighted by Gasteiger charge is -2.14. The molecule has 0 bridgehead atoms. The van der Waals surface area contributed by atoms with Crippen LogP contribution in [0.1, 0.15) is 39.0 Å². The van der Waals surface area contributed by atoms with Gasteiger partial charge in [-0.2, -0.15) is 13.2 Å². The van der Waals surface area contributed by atoms with Crippen LogP contribution in [0.2, 0.25) is 0 Å². The molecule has 0 aliphatic heterocycles. The fraction of sp³-hybridized carbons (Fsp3) is 0.500. The van der Waals surface area contributed by atoms with Crippen LogP contribution in [0, 0.1) is 13.8 Å². The zero-order valence-corrected chi connectivity index (χ0v) is 13.5. The van der Waals surface area contributed by atoms with E-state index in [-0.39, 0.29) is 16.8 Å². The van der Waals surface area contributed by atoms with Gasteiger partial charge in [0.2, 0.25) is 0 Å². The molecule has 1 rings (SSSR count). The second kappa shape index (κ2) is 7.37. The Bertz CT molecular complexity index is 652. The molecule has 0 aromatic carbocycles. The number of halogens is 3. The van der Waals surface area contributed by atoms with E-state index in [2.05, 4.69) is 9.72 Å². The van der Waals surface area contributed by atoms with Crippen LogP contribution in [0.25, 0.3) is 0 Å². The van der Waals surface area contributed by atoms with Crippen molar-refractivity contribution >= 4 is 17.8 Å². The van der Waals surface area contributed by atoms with Gasteiger partial charge in [-0.25, -0.2) is 9.59 Å². The van der Waals surface area contributed by atoms with Gasteiger partial charge in [0.05, 0.1) is 12.7 Å². The summed E-state index contributed by atoms with van der Waals surface area (Å²) in [6.45, 7) is 2.62. The summed E-state index contributed by atoms with van der Waals surface area (Å²) in [6, 6.07) is 0. The Balaban J connectivity index is 2.82. The highest BCUT2D eigenvalue weighted by Gasteiger charge is 2.30. The normalized spacial score (nSPS) is 12.5. The molecular formula is C14H17F3N2O5. The van der Waals surface area contributed by atoms with Gasteiger partial charge in [-0.05, 0) is 26.3 Å². The van der Waals surface area contributed by atoms with Gasteiger partial charge in [-0.15, -0.1) is 0 Å². The van der Waals surface area contributed by atoms with Gasteiger partial charge in [-0.1, -0.05) is 0 Å². The Morgan fingerprint density at radius 1 is 1.21 bits per heavy atom. The molecule has 7 nitrogen and oxygen atoms in total. The number of aryl methyl sites for hydroxylation is 1. The molecular weight excluding hydrogens is 333 g/mol. The third-order valence-corrected chi connectivity index (χ3v) is 3.15. The standard InChI is InChI=1S/C14H17F3N2O5/c1-6-9(12(21)23-4)7(2)19-10(6)13(22)24-8(3)11(20)18-5-14(15,16)17/h8,19H,5H2,1-4H3,(H,18,20)/t8-/m0/s1. The summed E-state index contributed by atoms with van der Waals surface area (Å²) in [7, 11) is 1.18. The van der Waals surface area contributed by atoms with E-state index in [0.29, 0.717) is 5.69 Å². The Labute approximate surface area is 135 Å². The van der Waals surface area contributed by atoms with Crippen LogP contribution in [0.4, 0.5) is 13.2 Å². The smallest absolute Gasteiger partial charge is 0.405 e. The van der Waals surface area contributed by atoms with Crippen molar-refractivity contribution < 1.29 is 37.0 Å². The highest BCUT2D eigenvalue weighted by atomic mass is 19.4. The van der Waals surface area contributed by atoms with E-state index in [0.717, 1.165) is 6.92 Å². The molecule has 2 N–H and O–H groups in total. The van der Waals surface area contributed by atoms with Crippen molar-refractivity contribution in [2.45, 2.75) is 33.1 Å². The topological polar surface area (TPSA) is 97.5 Å². The monoisotopic (exact) mass is 350 g/mol. The highest BCUT2D eigenvalue weighted by Crippen LogP contribution is 2.20. The zero-order chi connectivity index (χ0) is 18.7. The first-order valence-electron chi connectivity index (χ1n) is 6.80. The number of methoxy groups -OCH3 is 1. The van der Waals surface area contributed by atoms with E-state index >= 15 is 0 Å². The van der Waals surface area contributed by atoms with Crippen molar-refractivity contribution in [2.24, 2.45) is 0 Å². The Kier molecular flexibility index (Phi) is 5.99. The van der Waals surface area contributed by atoms with Crippen molar-refractivity contribution in [3.63, 3.8) is 0 Å². The van der Waals surface area contributed by atoms with Crippen LogP contribution in [0.5, 0.6) is 0 Å². The first-order chi connectivity index (χ1) is 11.0. The minimum atomic E-state index is -4.57. The van der Waals surface area contributed by atoms with Gasteiger partial charge in [0.1, 0.15) is 12.2 Å². The number of nitrogens with one attached hydrogen (secondary N) is 2. The molecule has 0 aliphatic rings. The minimum Gasteiger partial charge on any atom is -0.465 e. The molecule has 0 fully saturated rings. The van der Waals surface area contributed by atoms with Crippen LogP contribution < -0.4 is 5.32 Å². The maximum absolute atomic E-state index is 12.1. The van der Waals surface area contributed by atoms with E-state index in [1.807, 2.05) is 0 Å². The van der Waals surface area contributed by atoms with E-state index in [1.54, 1.807) is 5.32 Å². The van der Waals surface area contributed by atoms with Crippen molar-refractivity contribution in [3.05, 3.63) is 22.5 Å². The van der Waals surface area contributed by atoms with Crippen molar-refractivity contribution in [3.8, 4) is 0 Å². The largest absolute Gasteiger partial charge is 0.465 e. The number of hydrogen-bond donors (Lipinski definition) is 2. The third kappa shape index (κ3) is 4.74. The molecule has 0 spiro atoms. The fourth-order valence-electron chi connectivity index (χ4n) is 1.97. The maximum Gasteiger partial charge on any atom is 0.405 e. The summed E-state index contributed by atoms with van der Waals surface area (Å²) in [4.78, 5) is 37.8. The van der Waals surface area contributed by atoms with Crippen LogP contribution in [-0.2, 0) is 14.3 Å². The summed E-state index contributed by atoms with van der Waals surface area (Å²) in [5.41, 5.74) is 0.690. The van der Waals surface area contributed by atoms with Crippen LogP contribution in [0.15, 0.2) is 0 Å². The number of aromatic amines is 1. The first kappa shape index (κ1) is 19.5.